The lowest BCUT2D eigenvalue weighted by atomic mass is 9.80. The Kier molecular flexibility index (Phi) is 5.93. The lowest BCUT2D eigenvalue weighted by Gasteiger charge is -2.26. The number of hydrogen-bond acceptors (Lipinski definition) is 4. The van der Waals surface area contributed by atoms with Crippen LogP contribution < -0.4 is 0 Å². The molecule has 1 aliphatic rings. The standard InChI is InChI=1S/C28H22ClNO3/c29-21-13-10-19(11-14-21)26(31)17-33-28(32)27-22-8-4-5-9-24(22)30-25-15-12-20(16-23(25)27)18-6-2-1-3-7-18/h1-11,13-14,20H,12,15-17H2. The van der Waals surface area contributed by atoms with E-state index in [-0.39, 0.29) is 12.4 Å². The zero-order chi connectivity index (χ0) is 22.8. The Labute approximate surface area is 197 Å². The Morgan fingerprint density at radius 3 is 2.45 bits per heavy atom. The number of para-hydroxylation sites is 1. The summed E-state index contributed by atoms with van der Waals surface area (Å²) in [7, 11) is 0. The number of rotatable bonds is 5. The van der Waals surface area contributed by atoms with E-state index in [1.54, 1.807) is 24.3 Å². The van der Waals surface area contributed by atoms with E-state index in [4.69, 9.17) is 21.3 Å². The van der Waals surface area contributed by atoms with Gasteiger partial charge in [0.05, 0.1) is 11.1 Å². The van der Waals surface area contributed by atoms with Crippen LogP contribution in [0.15, 0.2) is 78.9 Å². The molecule has 3 aromatic carbocycles. The second kappa shape index (κ2) is 9.16. The first-order valence-electron chi connectivity index (χ1n) is 11.0. The van der Waals surface area contributed by atoms with Crippen molar-refractivity contribution in [1.82, 2.24) is 4.98 Å². The van der Waals surface area contributed by atoms with Crippen LogP contribution in [0.3, 0.4) is 0 Å². The normalized spacial score (nSPS) is 15.1. The van der Waals surface area contributed by atoms with Gasteiger partial charge in [-0.2, -0.15) is 0 Å². The molecule has 0 aliphatic heterocycles. The molecule has 0 amide bonds. The number of nitrogens with zero attached hydrogens (tertiary/aromatic N) is 1. The van der Waals surface area contributed by atoms with Crippen molar-refractivity contribution in [2.24, 2.45) is 0 Å². The molecular formula is C28H22ClNO3. The fraction of sp³-hybridized carbons (Fsp3) is 0.179. The van der Waals surface area contributed by atoms with Gasteiger partial charge in [-0.25, -0.2) is 4.79 Å². The number of halogens is 1. The summed E-state index contributed by atoms with van der Waals surface area (Å²) in [5.41, 5.74) is 4.88. The number of ether oxygens (including phenoxy) is 1. The quantitative estimate of drug-likeness (QED) is 0.265. The molecule has 33 heavy (non-hydrogen) atoms. The summed E-state index contributed by atoms with van der Waals surface area (Å²) in [6.45, 7) is -0.325. The highest BCUT2D eigenvalue weighted by Crippen LogP contribution is 2.36. The molecule has 1 aromatic heterocycles. The first-order valence-corrected chi connectivity index (χ1v) is 11.4. The number of pyridine rings is 1. The van der Waals surface area contributed by atoms with Crippen molar-refractivity contribution in [3.63, 3.8) is 0 Å². The van der Waals surface area contributed by atoms with Crippen molar-refractivity contribution in [3.05, 3.63) is 112 Å². The largest absolute Gasteiger partial charge is 0.454 e. The van der Waals surface area contributed by atoms with Crippen molar-refractivity contribution in [3.8, 4) is 0 Å². The molecule has 0 fully saturated rings. The molecule has 0 spiro atoms. The van der Waals surface area contributed by atoms with Crippen LogP contribution in [0.2, 0.25) is 5.02 Å². The van der Waals surface area contributed by atoms with E-state index in [0.717, 1.165) is 35.0 Å². The third-order valence-electron chi connectivity index (χ3n) is 6.23. The highest BCUT2D eigenvalue weighted by Gasteiger charge is 2.28. The smallest absolute Gasteiger partial charge is 0.339 e. The highest BCUT2D eigenvalue weighted by atomic mass is 35.5. The van der Waals surface area contributed by atoms with Crippen molar-refractivity contribution >= 4 is 34.3 Å². The fourth-order valence-corrected chi connectivity index (χ4v) is 4.68. The van der Waals surface area contributed by atoms with Gasteiger partial charge in [0.2, 0.25) is 0 Å². The van der Waals surface area contributed by atoms with Gasteiger partial charge in [0.25, 0.3) is 0 Å². The molecule has 0 saturated heterocycles. The second-order valence-electron chi connectivity index (χ2n) is 8.29. The van der Waals surface area contributed by atoms with Crippen LogP contribution in [0.5, 0.6) is 0 Å². The summed E-state index contributed by atoms with van der Waals surface area (Å²) in [6, 6.07) is 24.5. The molecule has 0 radical (unpaired) electrons. The molecule has 4 aromatic rings. The number of esters is 1. The Bertz CT molecular complexity index is 1330. The van der Waals surface area contributed by atoms with Crippen LogP contribution in [0.4, 0.5) is 0 Å². The van der Waals surface area contributed by atoms with Gasteiger partial charge in [-0.3, -0.25) is 9.78 Å². The van der Waals surface area contributed by atoms with Crippen molar-refractivity contribution < 1.29 is 14.3 Å². The maximum absolute atomic E-state index is 13.3. The number of hydrogen-bond donors (Lipinski definition) is 0. The van der Waals surface area contributed by atoms with E-state index in [1.165, 1.54) is 5.56 Å². The predicted molar refractivity (Wildman–Crippen MR) is 129 cm³/mol. The molecule has 164 valence electrons. The summed E-state index contributed by atoms with van der Waals surface area (Å²) in [5, 5.41) is 1.31. The highest BCUT2D eigenvalue weighted by molar-refractivity contribution is 6.30. The van der Waals surface area contributed by atoms with Crippen LogP contribution in [0.25, 0.3) is 10.9 Å². The van der Waals surface area contributed by atoms with Gasteiger partial charge in [0, 0.05) is 21.7 Å². The van der Waals surface area contributed by atoms with E-state index in [9.17, 15) is 9.59 Å². The van der Waals surface area contributed by atoms with E-state index in [0.29, 0.717) is 28.5 Å². The topological polar surface area (TPSA) is 56.3 Å². The lowest BCUT2D eigenvalue weighted by molar-refractivity contribution is 0.0475. The molecule has 5 rings (SSSR count). The summed E-state index contributed by atoms with van der Waals surface area (Å²) in [4.78, 5) is 30.7. The minimum absolute atomic E-state index is 0.269. The minimum atomic E-state index is -0.485. The number of Topliss-reactive ketones (excluding diaryl/α,β-unsaturated/α-hetero) is 1. The Hall–Kier alpha value is -3.50. The summed E-state index contributed by atoms with van der Waals surface area (Å²) < 4.78 is 5.54. The molecule has 1 unspecified atom stereocenters. The van der Waals surface area contributed by atoms with E-state index >= 15 is 0 Å². The fourth-order valence-electron chi connectivity index (χ4n) is 4.55. The summed E-state index contributed by atoms with van der Waals surface area (Å²) in [5.74, 6) is -0.445. The summed E-state index contributed by atoms with van der Waals surface area (Å²) >= 11 is 5.90. The average Bonchev–Trinajstić information content (AvgIpc) is 2.86. The maximum atomic E-state index is 13.3. The van der Waals surface area contributed by atoms with Gasteiger partial charge >= 0.3 is 5.97 Å². The molecule has 1 atom stereocenters. The van der Waals surface area contributed by atoms with Crippen LogP contribution >= 0.6 is 11.6 Å². The summed E-state index contributed by atoms with van der Waals surface area (Å²) in [6.07, 6.45) is 2.49. The maximum Gasteiger partial charge on any atom is 0.339 e. The van der Waals surface area contributed by atoms with Crippen molar-refractivity contribution in [2.45, 2.75) is 25.2 Å². The molecule has 0 saturated carbocycles. The number of benzene rings is 3. The second-order valence-corrected chi connectivity index (χ2v) is 8.72. The minimum Gasteiger partial charge on any atom is -0.454 e. The third kappa shape index (κ3) is 4.39. The number of carbonyl (C=O) groups excluding carboxylic acids is 2. The Morgan fingerprint density at radius 2 is 1.67 bits per heavy atom. The van der Waals surface area contributed by atoms with Crippen LogP contribution in [0.1, 0.15) is 49.9 Å². The van der Waals surface area contributed by atoms with Gasteiger partial charge in [0.15, 0.2) is 12.4 Å². The van der Waals surface area contributed by atoms with E-state index < -0.39 is 5.97 Å². The molecule has 5 heteroatoms. The Morgan fingerprint density at radius 1 is 0.939 bits per heavy atom. The van der Waals surface area contributed by atoms with Crippen LogP contribution in [-0.2, 0) is 17.6 Å². The SMILES string of the molecule is O=C(COC(=O)c1c2c(nc3ccccc13)CCC(c1ccccc1)C2)c1ccc(Cl)cc1. The van der Waals surface area contributed by atoms with Gasteiger partial charge in [-0.15, -0.1) is 0 Å². The first kappa shape index (κ1) is 21.4. The zero-order valence-electron chi connectivity index (χ0n) is 18.0. The number of carbonyl (C=O) groups is 2. The molecular weight excluding hydrogens is 434 g/mol. The van der Waals surface area contributed by atoms with Gasteiger partial charge in [0.1, 0.15) is 0 Å². The van der Waals surface area contributed by atoms with Gasteiger partial charge in [-0.05, 0) is 66.6 Å². The number of aromatic nitrogens is 1. The monoisotopic (exact) mass is 455 g/mol. The van der Waals surface area contributed by atoms with Crippen LogP contribution in [-0.4, -0.2) is 23.3 Å². The molecule has 0 N–H and O–H groups in total. The zero-order valence-corrected chi connectivity index (χ0v) is 18.7. The number of ketones is 1. The molecule has 4 nitrogen and oxygen atoms in total. The molecule has 1 aliphatic carbocycles. The predicted octanol–water partition coefficient (Wildman–Crippen LogP) is 6.20. The van der Waals surface area contributed by atoms with E-state index in [2.05, 4.69) is 12.1 Å². The number of fused-ring (bicyclic) bond motifs is 2. The van der Waals surface area contributed by atoms with Crippen LogP contribution in [0, 0.1) is 0 Å². The van der Waals surface area contributed by atoms with Crippen molar-refractivity contribution in [1.29, 1.82) is 0 Å². The lowest BCUT2D eigenvalue weighted by Crippen LogP contribution is -2.21. The molecule has 1 heterocycles. The Balaban J connectivity index is 1.47. The van der Waals surface area contributed by atoms with Gasteiger partial charge in [-0.1, -0.05) is 60.1 Å². The molecule has 0 bridgehead atoms. The van der Waals surface area contributed by atoms with E-state index in [1.807, 2.05) is 42.5 Å². The number of aryl methyl sites for hydroxylation is 1. The first-order chi connectivity index (χ1) is 16.1. The average molecular weight is 456 g/mol. The van der Waals surface area contributed by atoms with Crippen molar-refractivity contribution in [2.75, 3.05) is 6.61 Å². The van der Waals surface area contributed by atoms with Gasteiger partial charge < -0.3 is 4.74 Å². The third-order valence-corrected chi connectivity index (χ3v) is 6.49.